The van der Waals surface area contributed by atoms with Gasteiger partial charge in [0, 0.05) is 19.1 Å². The maximum atomic E-state index is 12.3. The molecule has 1 rings (SSSR count). The zero-order valence-electron chi connectivity index (χ0n) is 12.9. The van der Waals surface area contributed by atoms with Crippen LogP contribution in [0.15, 0.2) is 0 Å². The highest BCUT2D eigenvalue weighted by atomic mass is 16.4. The average Bonchev–Trinajstić information content (AvgIpc) is 2.36. The minimum Gasteiger partial charge on any atom is -0.481 e. The highest BCUT2D eigenvalue weighted by Crippen LogP contribution is 2.23. The molecule has 1 heterocycles. The van der Waals surface area contributed by atoms with Crippen LogP contribution >= 0.6 is 0 Å². The monoisotopic (exact) mass is 299 g/mol. The Morgan fingerprint density at radius 2 is 2.00 bits per heavy atom. The van der Waals surface area contributed by atoms with Gasteiger partial charge in [0.15, 0.2) is 0 Å². The smallest absolute Gasteiger partial charge is 0.314 e. The molecule has 0 bridgehead atoms. The van der Waals surface area contributed by atoms with Gasteiger partial charge in [-0.2, -0.15) is 0 Å². The van der Waals surface area contributed by atoms with E-state index in [1.54, 1.807) is 0 Å². The van der Waals surface area contributed by atoms with Crippen LogP contribution in [0.3, 0.4) is 0 Å². The SMILES string of the molecule is CC(C)(C)C(CC(=O)O)NC(=O)C1CCCN(C(N)=O)C1. The molecule has 7 heteroatoms. The van der Waals surface area contributed by atoms with Crippen molar-refractivity contribution < 1.29 is 19.5 Å². The molecular formula is C14H25N3O4. The normalized spacial score (nSPS) is 20.7. The molecule has 21 heavy (non-hydrogen) atoms. The Kier molecular flexibility index (Phi) is 5.57. The van der Waals surface area contributed by atoms with Gasteiger partial charge >= 0.3 is 12.0 Å². The lowest BCUT2D eigenvalue weighted by Gasteiger charge is -2.34. The third kappa shape index (κ3) is 5.24. The van der Waals surface area contributed by atoms with E-state index < -0.39 is 18.0 Å². The molecule has 3 amide bonds. The van der Waals surface area contributed by atoms with Gasteiger partial charge in [0.1, 0.15) is 0 Å². The summed E-state index contributed by atoms with van der Waals surface area (Å²) in [6, 6.07) is -0.975. The number of carboxylic acid groups (broad SMARTS) is 1. The lowest BCUT2D eigenvalue weighted by Crippen LogP contribution is -2.51. The summed E-state index contributed by atoms with van der Waals surface area (Å²) in [7, 11) is 0. The molecule has 4 N–H and O–H groups in total. The molecule has 7 nitrogen and oxygen atoms in total. The van der Waals surface area contributed by atoms with Crippen LogP contribution in [0.25, 0.3) is 0 Å². The van der Waals surface area contributed by atoms with E-state index in [4.69, 9.17) is 10.8 Å². The first-order chi connectivity index (χ1) is 9.61. The molecule has 0 aliphatic carbocycles. The zero-order valence-corrected chi connectivity index (χ0v) is 12.9. The Labute approximate surface area is 124 Å². The van der Waals surface area contributed by atoms with Crippen molar-refractivity contribution >= 4 is 17.9 Å². The van der Waals surface area contributed by atoms with Gasteiger partial charge in [-0.05, 0) is 18.3 Å². The highest BCUT2D eigenvalue weighted by molar-refractivity contribution is 5.81. The molecular weight excluding hydrogens is 274 g/mol. The van der Waals surface area contributed by atoms with Crippen LogP contribution in [0.1, 0.15) is 40.0 Å². The van der Waals surface area contributed by atoms with E-state index in [0.717, 1.165) is 6.42 Å². The number of carboxylic acids is 1. The van der Waals surface area contributed by atoms with Crippen LogP contribution in [-0.2, 0) is 9.59 Å². The molecule has 1 aliphatic heterocycles. The topological polar surface area (TPSA) is 113 Å². The Morgan fingerprint density at radius 1 is 1.38 bits per heavy atom. The number of amides is 3. The number of nitrogens with two attached hydrogens (primary N) is 1. The van der Waals surface area contributed by atoms with Crippen LogP contribution < -0.4 is 11.1 Å². The number of aliphatic carboxylic acids is 1. The van der Waals surface area contributed by atoms with Crippen molar-refractivity contribution in [2.75, 3.05) is 13.1 Å². The third-order valence-corrected chi connectivity index (χ3v) is 3.84. The largest absolute Gasteiger partial charge is 0.481 e. The zero-order chi connectivity index (χ0) is 16.2. The van der Waals surface area contributed by atoms with E-state index in [1.807, 2.05) is 20.8 Å². The van der Waals surface area contributed by atoms with Crippen molar-refractivity contribution in [1.29, 1.82) is 0 Å². The minimum atomic E-state index is -0.947. The van der Waals surface area contributed by atoms with Crippen molar-refractivity contribution in [2.24, 2.45) is 17.1 Å². The second-order valence-corrected chi connectivity index (χ2v) is 6.65. The van der Waals surface area contributed by atoms with Crippen LogP contribution in [0.4, 0.5) is 4.79 Å². The Balaban J connectivity index is 2.68. The number of carbonyl (C=O) groups is 3. The number of carbonyl (C=O) groups excluding carboxylic acids is 2. The molecule has 0 aromatic heterocycles. The van der Waals surface area contributed by atoms with Gasteiger partial charge in [-0.15, -0.1) is 0 Å². The summed E-state index contributed by atoms with van der Waals surface area (Å²) in [5.74, 6) is -1.48. The molecule has 0 radical (unpaired) electrons. The summed E-state index contributed by atoms with van der Waals surface area (Å²) in [4.78, 5) is 35.9. The average molecular weight is 299 g/mol. The van der Waals surface area contributed by atoms with Gasteiger partial charge < -0.3 is 21.1 Å². The number of piperidine rings is 1. The van der Waals surface area contributed by atoms with E-state index in [9.17, 15) is 14.4 Å². The molecule has 1 aliphatic rings. The highest BCUT2D eigenvalue weighted by Gasteiger charge is 2.33. The number of hydrogen-bond donors (Lipinski definition) is 3. The van der Waals surface area contributed by atoms with Crippen molar-refractivity contribution in [3.63, 3.8) is 0 Å². The van der Waals surface area contributed by atoms with Gasteiger partial charge in [-0.25, -0.2) is 4.79 Å². The fourth-order valence-corrected chi connectivity index (χ4v) is 2.43. The maximum absolute atomic E-state index is 12.3. The molecule has 2 atom stereocenters. The standard InChI is InChI=1S/C14H25N3O4/c1-14(2,3)10(7-11(18)19)16-12(20)9-5-4-6-17(8-9)13(15)21/h9-10H,4-8H2,1-3H3,(H2,15,21)(H,16,20)(H,18,19). The summed E-state index contributed by atoms with van der Waals surface area (Å²) in [6.45, 7) is 6.52. The molecule has 0 saturated carbocycles. The Bertz CT molecular complexity index is 417. The van der Waals surface area contributed by atoms with E-state index in [0.29, 0.717) is 19.5 Å². The number of likely N-dealkylation sites (tertiary alicyclic amines) is 1. The van der Waals surface area contributed by atoms with Crippen molar-refractivity contribution in [3.8, 4) is 0 Å². The van der Waals surface area contributed by atoms with Gasteiger partial charge in [-0.1, -0.05) is 20.8 Å². The molecule has 1 fully saturated rings. The minimum absolute atomic E-state index is 0.124. The Hall–Kier alpha value is -1.79. The number of hydrogen-bond acceptors (Lipinski definition) is 3. The van der Waals surface area contributed by atoms with Crippen LogP contribution in [0, 0.1) is 11.3 Å². The number of nitrogens with one attached hydrogen (secondary N) is 1. The van der Waals surface area contributed by atoms with Crippen LogP contribution in [0.2, 0.25) is 0 Å². The predicted octanol–water partition coefficient (Wildman–Crippen LogP) is 0.783. The molecule has 0 aromatic rings. The Morgan fingerprint density at radius 3 is 2.48 bits per heavy atom. The fraction of sp³-hybridized carbons (Fsp3) is 0.786. The van der Waals surface area contributed by atoms with E-state index >= 15 is 0 Å². The first kappa shape index (κ1) is 17.3. The number of urea groups is 1. The van der Waals surface area contributed by atoms with Crippen molar-refractivity contribution in [3.05, 3.63) is 0 Å². The molecule has 0 spiro atoms. The summed E-state index contributed by atoms with van der Waals surface area (Å²) < 4.78 is 0. The van der Waals surface area contributed by atoms with Crippen molar-refractivity contribution in [2.45, 2.75) is 46.1 Å². The first-order valence-corrected chi connectivity index (χ1v) is 7.18. The second kappa shape index (κ2) is 6.78. The number of rotatable bonds is 4. The molecule has 120 valence electrons. The molecule has 2 unspecified atom stereocenters. The lowest BCUT2D eigenvalue weighted by atomic mass is 9.84. The van der Waals surface area contributed by atoms with E-state index in [2.05, 4.69) is 5.32 Å². The van der Waals surface area contributed by atoms with Crippen LogP contribution in [-0.4, -0.2) is 47.0 Å². The third-order valence-electron chi connectivity index (χ3n) is 3.84. The molecule has 1 saturated heterocycles. The van der Waals surface area contributed by atoms with Gasteiger partial charge in [-0.3, -0.25) is 9.59 Å². The summed E-state index contributed by atoms with van der Waals surface area (Å²) in [5.41, 5.74) is 4.89. The summed E-state index contributed by atoms with van der Waals surface area (Å²) >= 11 is 0. The lowest BCUT2D eigenvalue weighted by molar-refractivity contribution is -0.138. The van der Waals surface area contributed by atoms with E-state index in [-0.39, 0.29) is 23.7 Å². The fourth-order valence-electron chi connectivity index (χ4n) is 2.43. The van der Waals surface area contributed by atoms with Gasteiger partial charge in [0.2, 0.25) is 5.91 Å². The summed E-state index contributed by atoms with van der Waals surface area (Å²) in [6.07, 6.45) is 1.28. The van der Waals surface area contributed by atoms with E-state index in [1.165, 1.54) is 4.90 Å². The quantitative estimate of drug-likeness (QED) is 0.712. The van der Waals surface area contributed by atoms with Crippen molar-refractivity contribution in [1.82, 2.24) is 10.2 Å². The maximum Gasteiger partial charge on any atom is 0.314 e. The number of nitrogens with zero attached hydrogens (tertiary/aromatic N) is 1. The summed E-state index contributed by atoms with van der Waals surface area (Å²) in [5, 5.41) is 11.8. The second-order valence-electron chi connectivity index (χ2n) is 6.65. The first-order valence-electron chi connectivity index (χ1n) is 7.18. The predicted molar refractivity (Wildman–Crippen MR) is 77.5 cm³/mol. The molecule has 0 aromatic carbocycles. The number of primary amides is 1. The van der Waals surface area contributed by atoms with Crippen LogP contribution in [0.5, 0.6) is 0 Å². The van der Waals surface area contributed by atoms with Gasteiger partial charge in [0.05, 0.1) is 12.3 Å². The van der Waals surface area contributed by atoms with Gasteiger partial charge in [0.25, 0.3) is 0 Å².